The van der Waals surface area contributed by atoms with E-state index in [-0.39, 0.29) is 5.91 Å². The number of nitrogens with one attached hydrogen (secondary N) is 1. The maximum atomic E-state index is 11.8. The molecule has 0 bridgehead atoms. The highest BCUT2D eigenvalue weighted by Crippen LogP contribution is 2.13. The van der Waals surface area contributed by atoms with Gasteiger partial charge in [0.05, 0.1) is 11.6 Å². The van der Waals surface area contributed by atoms with Crippen LogP contribution < -0.4 is 10.1 Å². The molecule has 0 unspecified atom stereocenters. The van der Waals surface area contributed by atoms with Crippen molar-refractivity contribution >= 4 is 17.7 Å². The Morgan fingerprint density at radius 1 is 1.17 bits per heavy atom. The molecule has 0 saturated heterocycles. The van der Waals surface area contributed by atoms with Crippen LogP contribution >= 0.6 is 0 Å². The van der Waals surface area contributed by atoms with Gasteiger partial charge in [0.1, 0.15) is 12.4 Å². The molecular formula is C19H16N2O2. The summed E-state index contributed by atoms with van der Waals surface area (Å²) in [6, 6.07) is 16.1. The molecule has 1 N–H and O–H groups in total. The molecule has 23 heavy (non-hydrogen) atoms. The number of amides is 1. The molecule has 0 aliphatic rings. The van der Waals surface area contributed by atoms with Gasteiger partial charge in [-0.15, -0.1) is 0 Å². The monoisotopic (exact) mass is 304 g/mol. The third-order valence-electron chi connectivity index (χ3n) is 2.96. The van der Waals surface area contributed by atoms with Crippen molar-refractivity contribution in [2.24, 2.45) is 0 Å². The zero-order valence-corrected chi connectivity index (χ0v) is 12.5. The van der Waals surface area contributed by atoms with E-state index < -0.39 is 0 Å². The summed E-state index contributed by atoms with van der Waals surface area (Å²) in [5.41, 5.74) is 2.09. The lowest BCUT2D eigenvalue weighted by Crippen LogP contribution is -2.07. The molecule has 0 atom stereocenters. The van der Waals surface area contributed by atoms with Gasteiger partial charge in [-0.1, -0.05) is 24.8 Å². The third-order valence-corrected chi connectivity index (χ3v) is 2.96. The number of nitrogens with zero attached hydrogens (tertiary/aromatic N) is 1. The van der Waals surface area contributed by atoms with E-state index in [1.165, 1.54) is 6.08 Å². The number of anilines is 1. The summed E-state index contributed by atoms with van der Waals surface area (Å²) in [5, 5.41) is 11.5. The molecule has 1 amide bonds. The van der Waals surface area contributed by atoms with E-state index in [1.807, 2.05) is 30.3 Å². The molecule has 114 valence electrons. The van der Waals surface area contributed by atoms with Gasteiger partial charge < -0.3 is 10.1 Å². The first kappa shape index (κ1) is 16.1. The topological polar surface area (TPSA) is 62.1 Å². The van der Waals surface area contributed by atoms with Crippen LogP contribution in [0.4, 0.5) is 5.69 Å². The number of hydrogen-bond acceptors (Lipinski definition) is 3. The fraction of sp³-hybridized carbons (Fsp3) is 0.0526. The molecular weight excluding hydrogens is 288 g/mol. The number of ether oxygens (including phenoxy) is 1. The zero-order valence-electron chi connectivity index (χ0n) is 12.5. The van der Waals surface area contributed by atoms with E-state index in [2.05, 4.69) is 11.9 Å². The van der Waals surface area contributed by atoms with E-state index in [0.29, 0.717) is 17.9 Å². The van der Waals surface area contributed by atoms with Crippen LogP contribution in [-0.4, -0.2) is 12.5 Å². The third kappa shape index (κ3) is 5.18. The summed E-state index contributed by atoms with van der Waals surface area (Å²) in [4.78, 5) is 11.8. The average molecular weight is 304 g/mol. The molecule has 2 aromatic rings. The Bertz CT molecular complexity index is 738. The Labute approximate surface area is 135 Å². The Morgan fingerprint density at radius 3 is 2.48 bits per heavy atom. The van der Waals surface area contributed by atoms with Crippen molar-refractivity contribution in [2.75, 3.05) is 11.9 Å². The van der Waals surface area contributed by atoms with Crippen LogP contribution in [0.3, 0.4) is 0 Å². The summed E-state index contributed by atoms with van der Waals surface area (Å²) < 4.78 is 5.39. The molecule has 0 fully saturated rings. The van der Waals surface area contributed by atoms with Gasteiger partial charge in [0, 0.05) is 11.8 Å². The van der Waals surface area contributed by atoms with Crippen molar-refractivity contribution in [2.45, 2.75) is 0 Å². The van der Waals surface area contributed by atoms with Gasteiger partial charge in [-0.2, -0.15) is 5.26 Å². The standard InChI is InChI=1S/C19H16N2O2/c1-2-13-23-18-10-5-15(6-11-18)7-12-19(22)21-17-8-3-16(14-20)4-9-17/h2-12H,1,13H2,(H,21,22)/b12-7+. The normalized spacial score (nSPS) is 10.0. The fourth-order valence-corrected chi connectivity index (χ4v) is 1.81. The summed E-state index contributed by atoms with van der Waals surface area (Å²) in [7, 11) is 0. The highest BCUT2D eigenvalue weighted by molar-refractivity contribution is 6.01. The Balaban J connectivity index is 1.92. The van der Waals surface area contributed by atoms with Crippen molar-refractivity contribution < 1.29 is 9.53 Å². The van der Waals surface area contributed by atoms with E-state index in [0.717, 1.165) is 11.3 Å². The number of carbonyl (C=O) groups is 1. The van der Waals surface area contributed by atoms with Gasteiger partial charge in [0.25, 0.3) is 0 Å². The summed E-state index contributed by atoms with van der Waals surface area (Å²) in [6.45, 7) is 4.05. The van der Waals surface area contributed by atoms with Crippen LogP contribution in [0.5, 0.6) is 5.75 Å². The number of carbonyl (C=O) groups excluding carboxylic acids is 1. The van der Waals surface area contributed by atoms with E-state index >= 15 is 0 Å². The van der Waals surface area contributed by atoms with Crippen molar-refractivity contribution in [3.63, 3.8) is 0 Å². The smallest absolute Gasteiger partial charge is 0.248 e. The lowest BCUT2D eigenvalue weighted by atomic mass is 10.2. The Hall–Kier alpha value is -3.32. The molecule has 0 aromatic heterocycles. The van der Waals surface area contributed by atoms with Crippen molar-refractivity contribution in [3.8, 4) is 11.8 Å². The average Bonchev–Trinajstić information content (AvgIpc) is 2.59. The lowest BCUT2D eigenvalue weighted by Gasteiger charge is -2.03. The summed E-state index contributed by atoms with van der Waals surface area (Å²) in [6.07, 6.45) is 4.86. The zero-order chi connectivity index (χ0) is 16.5. The van der Waals surface area contributed by atoms with Crippen LogP contribution in [0.1, 0.15) is 11.1 Å². The second kappa shape index (κ2) is 8.20. The van der Waals surface area contributed by atoms with Crippen molar-refractivity contribution in [1.82, 2.24) is 0 Å². The number of benzene rings is 2. The van der Waals surface area contributed by atoms with Crippen LogP contribution in [-0.2, 0) is 4.79 Å². The van der Waals surface area contributed by atoms with Crippen molar-refractivity contribution in [1.29, 1.82) is 5.26 Å². The second-order valence-electron chi connectivity index (χ2n) is 4.68. The van der Waals surface area contributed by atoms with E-state index in [4.69, 9.17) is 10.00 Å². The summed E-state index contributed by atoms with van der Waals surface area (Å²) >= 11 is 0. The SMILES string of the molecule is C=CCOc1ccc(/C=C/C(=O)Nc2ccc(C#N)cc2)cc1. The maximum absolute atomic E-state index is 11.8. The molecule has 0 heterocycles. The van der Waals surface area contributed by atoms with Crippen LogP contribution in [0.2, 0.25) is 0 Å². The molecule has 4 nitrogen and oxygen atoms in total. The molecule has 0 aliphatic heterocycles. The molecule has 4 heteroatoms. The molecule has 0 saturated carbocycles. The first-order chi connectivity index (χ1) is 11.2. The highest BCUT2D eigenvalue weighted by atomic mass is 16.5. The highest BCUT2D eigenvalue weighted by Gasteiger charge is 1.98. The van der Waals surface area contributed by atoms with E-state index in [1.54, 1.807) is 36.4 Å². The van der Waals surface area contributed by atoms with E-state index in [9.17, 15) is 4.79 Å². The molecule has 2 aromatic carbocycles. The molecule has 2 rings (SSSR count). The maximum Gasteiger partial charge on any atom is 0.248 e. The van der Waals surface area contributed by atoms with Gasteiger partial charge in [0.2, 0.25) is 5.91 Å². The Kier molecular flexibility index (Phi) is 5.73. The number of rotatable bonds is 6. The van der Waals surface area contributed by atoms with Gasteiger partial charge in [-0.25, -0.2) is 0 Å². The predicted molar refractivity (Wildman–Crippen MR) is 91.0 cm³/mol. The number of nitriles is 1. The lowest BCUT2D eigenvalue weighted by molar-refractivity contribution is -0.111. The van der Waals surface area contributed by atoms with Crippen LogP contribution in [0.15, 0.2) is 67.3 Å². The minimum Gasteiger partial charge on any atom is -0.490 e. The number of hydrogen-bond donors (Lipinski definition) is 1. The fourth-order valence-electron chi connectivity index (χ4n) is 1.81. The predicted octanol–water partition coefficient (Wildman–Crippen LogP) is 3.77. The Morgan fingerprint density at radius 2 is 1.87 bits per heavy atom. The van der Waals surface area contributed by atoms with Gasteiger partial charge in [-0.05, 0) is 48.0 Å². The van der Waals surface area contributed by atoms with Crippen LogP contribution in [0, 0.1) is 11.3 Å². The molecule has 0 aliphatic carbocycles. The minimum atomic E-state index is -0.235. The van der Waals surface area contributed by atoms with Crippen molar-refractivity contribution in [3.05, 3.63) is 78.4 Å². The van der Waals surface area contributed by atoms with Gasteiger partial charge >= 0.3 is 0 Å². The van der Waals surface area contributed by atoms with Gasteiger partial charge in [0.15, 0.2) is 0 Å². The molecule has 0 spiro atoms. The summed E-state index contributed by atoms with van der Waals surface area (Å²) in [5.74, 6) is 0.519. The first-order valence-electron chi connectivity index (χ1n) is 7.04. The van der Waals surface area contributed by atoms with Gasteiger partial charge in [-0.3, -0.25) is 4.79 Å². The largest absolute Gasteiger partial charge is 0.490 e. The quantitative estimate of drug-likeness (QED) is 0.652. The first-order valence-corrected chi connectivity index (χ1v) is 7.04. The van der Waals surface area contributed by atoms with Crippen LogP contribution in [0.25, 0.3) is 6.08 Å². The second-order valence-corrected chi connectivity index (χ2v) is 4.68. The minimum absolute atomic E-state index is 0.235. The molecule has 0 radical (unpaired) electrons.